The van der Waals surface area contributed by atoms with Crippen molar-refractivity contribution in [2.75, 3.05) is 13.1 Å². The second kappa shape index (κ2) is 5.61. The van der Waals surface area contributed by atoms with Gasteiger partial charge in [-0.3, -0.25) is 4.79 Å². The van der Waals surface area contributed by atoms with Crippen molar-refractivity contribution < 1.29 is 4.79 Å². The third-order valence-corrected chi connectivity index (χ3v) is 3.71. The van der Waals surface area contributed by atoms with Gasteiger partial charge < -0.3 is 10.6 Å². The smallest absolute Gasteiger partial charge is 0.226 e. The van der Waals surface area contributed by atoms with Crippen molar-refractivity contribution in [3.63, 3.8) is 0 Å². The van der Waals surface area contributed by atoms with Crippen molar-refractivity contribution in [1.82, 2.24) is 15.6 Å². The highest BCUT2D eigenvalue weighted by Gasteiger charge is 2.24. The molecular weight excluding hydrogens is 246 g/mol. The molecule has 1 aromatic rings. The second-order valence-electron chi connectivity index (χ2n) is 3.82. The highest BCUT2D eigenvalue weighted by molar-refractivity contribution is 7.11. The van der Waals surface area contributed by atoms with Crippen LogP contribution in [0, 0.1) is 19.8 Å². The number of halogens is 1. The monoisotopic (exact) mass is 261 g/mol. The van der Waals surface area contributed by atoms with E-state index in [-0.39, 0.29) is 24.2 Å². The van der Waals surface area contributed by atoms with E-state index in [9.17, 15) is 4.79 Å². The van der Waals surface area contributed by atoms with E-state index in [2.05, 4.69) is 15.6 Å². The number of hydrogen-bond acceptors (Lipinski definition) is 4. The number of nitrogens with zero attached hydrogens (tertiary/aromatic N) is 1. The Morgan fingerprint density at radius 1 is 1.56 bits per heavy atom. The van der Waals surface area contributed by atoms with Gasteiger partial charge in [-0.25, -0.2) is 4.98 Å². The topological polar surface area (TPSA) is 54.0 Å². The summed E-state index contributed by atoms with van der Waals surface area (Å²) >= 11 is 1.65. The molecule has 0 bridgehead atoms. The summed E-state index contributed by atoms with van der Waals surface area (Å²) in [6, 6.07) is 0. The minimum absolute atomic E-state index is 0. The summed E-state index contributed by atoms with van der Waals surface area (Å²) in [4.78, 5) is 17.1. The van der Waals surface area contributed by atoms with Crippen molar-refractivity contribution >= 4 is 29.7 Å². The molecule has 16 heavy (non-hydrogen) atoms. The third-order valence-electron chi connectivity index (χ3n) is 2.64. The average Bonchev–Trinajstić information content (AvgIpc) is 2.40. The van der Waals surface area contributed by atoms with E-state index in [4.69, 9.17) is 0 Å². The van der Waals surface area contributed by atoms with Gasteiger partial charge in [-0.2, -0.15) is 0 Å². The summed E-state index contributed by atoms with van der Waals surface area (Å²) in [7, 11) is 0. The maximum absolute atomic E-state index is 11.5. The van der Waals surface area contributed by atoms with Gasteiger partial charge in [0.25, 0.3) is 0 Å². The zero-order chi connectivity index (χ0) is 10.8. The van der Waals surface area contributed by atoms with Crippen molar-refractivity contribution in [3.05, 3.63) is 15.6 Å². The number of aromatic nitrogens is 1. The number of rotatable bonds is 3. The van der Waals surface area contributed by atoms with Crippen LogP contribution in [0.4, 0.5) is 0 Å². The van der Waals surface area contributed by atoms with Gasteiger partial charge in [0.1, 0.15) is 5.01 Å². The lowest BCUT2D eigenvalue weighted by atomic mass is 10.0. The van der Waals surface area contributed by atoms with Crippen LogP contribution >= 0.6 is 23.7 Å². The standard InChI is InChI=1S/C10H15N3OS.ClH/c1-6-7(2)15-9(13-6)5-12-10(14)8-3-11-4-8;/h8,11H,3-5H2,1-2H3,(H,12,14);1H. The van der Waals surface area contributed by atoms with E-state index in [1.807, 2.05) is 13.8 Å². The van der Waals surface area contributed by atoms with E-state index < -0.39 is 0 Å². The van der Waals surface area contributed by atoms with Gasteiger partial charge in [-0.1, -0.05) is 0 Å². The molecule has 0 spiro atoms. The summed E-state index contributed by atoms with van der Waals surface area (Å²) in [6.07, 6.45) is 0. The van der Waals surface area contributed by atoms with Gasteiger partial charge in [0.2, 0.25) is 5.91 Å². The molecule has 0 aliphatic carbocycles. The first-order chi connectivity index (χ1) is 7.16. The summed E-state index contributed by atoms with van der Waals surface area (Å²) in [5.74, 6) is 0.298. The quantitative estimate of drug-likeness (QED) is 0.854. The molecule has 2 rings (SSSR count). The van der Waals surface area contributed by atoms with Crippen molar-refractivity contribution in [1.29, 1.82) is 0 Å². The van der Waals surface area contributed by atoms with Gasteiger partial charge in [-0.05, 0) is 13.8 Å². The number of thiazole rings is 1. The minimum atomic E-state index is 0. The first kappa shape index (κ1) is 13.4. The molecule has 0 atom stereocenters. The summed E-state index contributed by atoms with van der Waals surface area (Å²) in [6.45, 7) is 6.22. The maximum Gasteiger partial charge on any atom is 0.226 e. The van der Waals surface area contributed by atoms with Gasteiger partial charge in [0.05, 0.1) is 18.2 Å². The fourth-order valence-corrected chi connectivity index (χ4v) is 2.27. The molecule has 1 amide bonds. The van der Waals surface area contributed by atoms with Gasteiger partial charge in [-0.15, -0.1) is 23.7 Å². The van der Waals surface area contributed by atoms with Gasteiger partial charge in [0.15, 0.2) is 0 Å². The zero-order valence-electron chi connectivity index (χ0n) is 9.37. The molecule has 4 nitrogen and oxygen atoms in total. The SMILES string of the molecule is Cc1nc(CNC(=O)C2CNC2)sc1C.Cl. The van der Waals surface area contributed by atoms with Crippen LogP contribution in [0.1, 0.15) is 15.6 Å². The Balaban J connectivity index is 0.00000128. The molecular formula is C10H16ClN3OS. The summed E-state index contributed by atoms with van der Waals surface area (Å²) in [5, 5.41) is 6.98. The molecule has 90 valence electrons. The molecule has 2 N–H and O–H groups in total. The summed E-state index contributed by atoms with van der Waals surface area (Å²) in [5.41, 5.74) is 1.06. The Bertz CT molecular complexity index is 357. The lowest BCUT2D eigenvalue weighted by Crippen LogP contribution is -2.50. The van der Waals surface area contributed by atoms with Crippen LogP contribution in [-0.2, 0) is 11.3 Å². The number of nitrogens with one attached hydrogen (secondary N) is 2. The van der Waals surface area contributed by atoms with Crippen molar-refractivity contribution in [2.24, 2.45) is 5.92 Å². The molecule has 0 unspecified atom stereocenters. The molecule has 2 heterocycles. The molecule has 6 heteroatoms. The first-order valence-electron chi connectivity index (χ1n) is 5.08. The molecule has 0 aromatic carbocycles. The van der Waals surface area contributed by atoms with E-state index in [0.717, 1.165) is 23.8 Å². The van der Waals surface area contributed by atoms with Crippen LogP contribution in [-0.4, -0.2) is 24.0 Å². The normalized spacial score (nSPS) is 15.1. The average molecular weight is 262 g/mol. The van der Waals surface area contributed by atoms with Crippen LogP contribution in [0.5, 0.6) is 0 Å². The largest absolute Gasteiger partial charge is 0.349 e. The number of carbonyl (C=O) groups is 1. The summed E-state index contributed by atoms with van der Waals surface area (Å²) < 4.78 is 0. The van der Waals surface area contributed by atoms with Gasteiger partial charge >= 0.3 is 0 Å². The molecule has 1 fully saturated rings. The highest BCUT2D eigenvalue weighted by Crippen LogP contribution is 2.16. The van der Waals surface area contributed by atoms with Crippen molar-refractivity contribution in [3.8, 4) is 0 Å². The molecule has 0 saturated carbocycles. The van der Waals surface area contributed by atoms with E-state index in [1.54, 1.807) is 11.3 Å². The van der Waals surface area contributed by atoms with Crippen LogP contribution in [0.25, 0.3) is 0 Å². The lowest BCUT2D eigenvalue weighted by molar-refractivity contribution is -0.126. The second-order valence-corrected chi connectivity index (χ2v) is 5.11. The van der Waals surface area contributed by atoms with Crippen molar-refractivity contribution in [2.45, 2.75) is 20.4 Å². The van der Waals surface area contributed by atoms with Gasteiger partial charge in [0, 0.05) is 18.0 Å². The Morgan fingerprint density at radius 2 is 2.25 bits per heavy atom. The Hall–Kier alpha value is -0.650. The molecule has 0 radical (unpaired) electrons. The predicted molar refractivity (Wildman–Crippen MR) is 67.0 cm³/mol. The van der Waals surface area contributed by atoms with E-state index >= 15 is 0 Å². The Morgan fingerprint density at radius 3 is 2.69 bits per heavy atom. The van der Waals surface area contributed by atoms with Crippen LogP contribution in [0.2, 0.25) is 0 Å². The van der Waals surface area contributed by atoms with Crippen LogP contribution in [0.15, 0.2) is 0 Å². The lowest BCUT2D eigenvalue weighted by Gasteiger charge is -2.25. The Kier molecular flexibility index (Phi) is 4.70. The highest BCUT2D eigenvalue weighted by atomic mass is 35.5. The molecule has 1 aromatic heterocycles. The Labute approximate surface area is 105 Å². The fourth-order valence-electron chi connectivity index (χ4n) is 1.40. The van der Waals surface area contributed by atoms with E-state index in [1.165, 1.54) is 4.88 Å². The third kappa shape index (κ3) is 2.93. The molecule has 1 aliphatic rings. The van der Waals surface area contributed by atoms with E-state index in [0.29, 0.717) is 6.54 Å². The maximum atomic E-state index is 11.5. The fraction of sp³-hybridized carbons (Fsp3) is 0.600. The van der Waals surface area contributed by atoms with Crippen LogP contribution in [0.3, 0.4) is 0 Å². The first-order valence-corrected chi connectivity index (χ1v) is 5.90. The zero-order valence-corrected chi connectivity index (χ0v) is 11.0. The molecule has 1 saturated heterocycles. The minimum Gasteiger partial charge on any atom is -0.349 e. The number of hydrogen-bond donors (Lipinski definition) is 2. The molecule has 1 aliphatic heterocycles. The van der Waals surface area contributed by atoms with Crippen LogP contribution < -0.4 is 10.6 Å². The number of aryl methyl sites for hydroxylation is 2. The predicted octanol–water partition coefficient (Wildman–Crippen LogP) is 1.02. The number of carbonyl (C=O) groups excluding carboxylic acids is 1. The number of amides is 1.